The van der Waals surface area contributed by atoms with Crippen molar-refractivity contribution in [1.29, 1.82) is 0 Å². The van der Waals surface area contributed by atoms with Crippen molar-refractivity contribution in [2.45, 2.75) is 12.8 Å². The lowest BCUT2D eigenvalue weighted by Gasteiger charge is -2.32. The van der Waals surface area contributed by atoms with Crippen LogP contribution in [0.3, 0.4) is 0 Å². The van der Waals surface area contributed by atoms with E-state index in [1.54, 1.807) is 12.1 Å². The van der Waals surface area contributed by atoms with Crippen LogP contribution in [0.4, 0.5) is 10.1 Å². The average molecular weight is 374 g/mol. The van der Waals surface area contributed by atoms with Crippen LogP contribution in [0.5, 0.6) is 0 Å². The second kappa shape index (κ2) is 7.03. The van der Waals surface area contributed by atoms with Gasteiger partial charge in [-0.1, -0.05) is 12.2 Å². The van der Waals surface area contributed by atoms with Crippen LogP contribution in [0.2, 0.25) is 0 Å². The molecular weight excluding hydrogens is 353 g/mol. The van der Waals surface area contributed by atoms with Crippen LogP contribution in [0.25, 0.3) is 0 Å². The molecular formula is C15H21BrFN3S. The molecule has 0 unspecified atom stereocenters. The zero-order valence-electron chi connectivity index (χ0n) is 12.4. The molecule has 1 aliphatic rings. The predicted molar refractivity (Wildman–Crippen MR) is 93.5 cm³/mol. The van der Waals surface area contributed by atoms with Gasteiger partial charge in [0.05, 0.1) is 10.2 Å². The highest BCUT2D eigenvalue weighted by atomic mass is 79.9. The molecule has 2 rings (SSSR count). The molecule has 0 saturated carbocycles. The van der Waals surface area contributed by atoms with Crippen LogP contribution in [0, 0.1) is 11.7 Å². The minimum atomic E-state index is -0.296. The van der Waals surface area contributed by atoms with Gasteiger partial charge in [-0.3, -0.25) is 0 Å². The van der Waals surface area contributed by atoms with Crippen molar-refractivity contribution in [3.05, 3.63) is 28.0 Å². The number of piperidine rings is 1. The quantitative estimate of drug-likeness (QED) is 0.822. The number of anilines is 1. The smallest absolute Gasteiger partial charge is 0.161 e. The van der Waals surface area contributed by atoms with Crippen molar-refractivity contribution in [3.8, 4) is 0 Å². The topological polar surface area (TPSA) is 32.5 Å². The summed E-state index contributed by atoms with van der Waals surface area (Å²) in [5, 5.41) is 0. The van der Waals surface area contributed by atoms with Crippen LogP contribution in [0.1, 0.15) is 18.4 Å². The van der Waals surface area contributed by atoms with Crippen LogP contribution in [0.15, 0.2) is 16.6 Å². The molecule has 2 N–H and O–H groups in total. The number of rotatable bonds is 4. The van der Waals surface area contributed by atoms with E-state index in [1.807, 2.05) is 11.9 Å². The van der Waals surface area contributed by atoms with E-state index in [0.29, 0.717) is 21.6 Å². The van der Waals surface area contributed by atoms with Gasteiger partial charge in [0, 0.05) is 19.2 Å². The third-order valence-corrected chi connectivity index (χ3v) is 5.10. The highest BCUT2D eigenvalue weighted by Gasteiger charge is 2.21. The Morgan fingerprint density at radius 2 is 2.10 bits per heavy atom. The highest BCUT2D eigenvalue weighted by Crippen LogP contribution is 2.30. The van der Waals surface area contributed by atoms with Gasteiger partial charge in [-0.25, -0.2) is 4.39 Å². The minimum Gasteiger partial charge on any atom is -0.389 e. The summed E-state index contributed by atoms with van der Waals surface area (Å²) in [5.41, 5.74) is 6.71. The largest absolute Gasteiger partial charge is 0.389 e. The van der Waals surface area contributed by atoms with Crippen molar-refractivity contribution in [2.75, 3.05) is 38.6 Å². The Labute approximate surface area is 139 Å². The van der Waals surface area contributed by atoms with Gasteiger partial charge in [0.25, 0.3) is 0 Å². The van der Waals surface area contributed by atoms with E-state index in [4.69, 9.17) is 18.0 Å². The van der Waals surface area contributed by atoms with Crippen molar-refractivity contribution < 1.29 is 4.39 Å². The molecule has 0 bridgehead atoms. The molecule has 6 heteroatoms. The lowest BCUT2D eigenvalue weighted by molar-refractivity contribution is 0.222. The van der Waals surface area contributed by atoms with Gasteiger partial charge >= 0.3 is 0 Å². The molecule has 0 aromatic heterocycles. The van der Waals surface area contributed by atoms with Gasteiger partial charge in [-0.15, -0.1) is 0 Å². The fraction of sp³-hybridized carbons (Fsp3) is 0.533. The van der Waals surface area contributed by atoms with Gasteiger partial charge < -0.3 is 15.5 Å². The Balaban J connectivity index is 2.11. The van der Waals surface area contributed by atoms with Crippen LogP contribution >= 0.6 is 28.1 Å². The average Bonchev–Trinajstić information content (AvgIpc) is 2.43. The first-order chi connectivity index (χ1) is 9.90. The summed E-state index contributed by atoms with van der Waals surface area (Å²) in [6.45, 7) is 3.10. The maximum Gasteiger partial charge on any atom is 0.161 e. The number of hydrogen-bond acceptors (Lipinski definition) is 3. The van der Waals surface area contributed by atoms with E-state index >= 15 is 0 Å². The summed E-state index contributed by atoms with van der Waals surface area (Å²) in [6, 6.07) is 3.53. The molecule has 21 heavy (non-hydrogen) atoms. The zero-order valence-corrected chi connectivity index (χ0v) is 14.8. The summed E-state index contributed by atoms with van der Waals surface area (Å²) in [4.78, 5) is 4.52. The summed E-state index contributed by atoms with van der Waals surface area (Å²) in [6.07, 6.45) is 2.32. The van der Waals surface area contributed by atoms with Crippen molar-refractivity contribution in [3.63, 3.8) is 0 Å². The van der Waals surface area contributed by atoms with E-state index in [9.17, 15) is 4.39 Å². The number of nitrogens with two attached hydrogens (primary N) is 1. The minimum absolute atomic E-state index is 0.199. The lowest BCUT2D eigenvalue weighted by Crippen LogP contribution is -2.36. The number of nitrogens with zero attached hydrogens (tertiary/aromatic N) is 2. The SMILES string of the molecule is CN1CCC(CN(C)c2ccc(C(N)=S)c(Br)c2F)CC1. The second-order valence-electron chi connectivity index (χ2n) is 5.75. The number of hydrogen-bond donors (Lipinski definition) is 1. The highest BCUT2D eigenvalue weighted by molar-refractivity contribution is 9.10. The maximum atomic E-state index is 14.5. The monoisotopic (exact) mass is 373 g/mol. The Bertz CT molecular complexity index is 530. The van der Waals surface area contributed by atoms with Crippen molar-refractivity contribution in [2.24, 2.45) is 11.7 Å². The van der Waals surface area contributed by atoms with E-state index in [1.165, 1.54) is 0 Å². The molecule has 0 radical (unpaired) electrons. The molecule has 0 spiro atoms. The summed E-state index contributed by atoms with van der Waals surface area (Å²) in [5.74, 6) is 0.315. The van der Waals surface area contributed by atoms with E-state index in [-0.39, 0.29) is 10.8 Å². The van der Waals surface area contributed by atoms with E-state index in [2.05, 4.69) is 27.9 Å². The van der Waals surface area contributed by atoms with Gasteiger partial charge in [0.2, 0.25) is 0 Å². The number of halogens is 2. The maximum absolute atomic E-state index is 14.5. The first-order valence-electron chi connectivity index (χ1n) is 7.07. The van der Waals surface area contributed by atoms with Gasteiger partial charge in [0.15, 0.2) is 5.82 Å². The molecule has 1 heterocycles. The summed E-state index contributed by atoms with van der Waals surface area (Å²) < 4.78 is 14.8. The third kappa shape index (κ3) is 3.93. The number of likely N-dealkylation sites (tertiary alicyclic amines) is 1. The molecule has 0 atom stereocenters. The molecule has 3 nitrogen and oxygen atoms in total. The van der Waals surface area contributed by atoms with Crippen LogP contribution in [-0.4, -0.2) is 43.6 Å². The zero-order chi connectivity index (χ0) is 15.6. The Morgan fingerprint density at radius 3 is 2.67 bits per heavy atom. The number of benzene rings is 1. The molecule has 1 fully saturated rings. The van der Waals surface area contributed by atoms with Crippen molar-refractivity contribution >= 4 is 38.8 Å². The first-order valence-corrected chi connectivity index (χ1v) is 8.27. The predicted octanol–water partition coefficient (Wildman–Crippen LogP) is 3.00. The molecule has 1 saturated heterocycles. The van der Waals surface area contributed by atoms with Gasteiger partial charge in [-0.05, 0) is 67.0 Å². The standard InChI is InChI=1S/C15H21BrFN3S/c1-19-7-5-10(6-8-19)9-20(2)12-4-3-11(15(18)21)13(16)14(12)17/h3-4,10H,5-9H2,1-2H3,(H2,18,21). The van der Waals surface area contributed by atoms with Gasteiger partial charge in [-0.2, -0.15) is 0 Å². The fourth-order valence-electron chi connectivity index (χ4n) is 2.75. The normalized spacial score (nSPS) is 17.0. The summed E-state index contributed by atoms with van der Waals surface area (Å²) in [7, 11) is 4.08. The molecule has 0 amide bonds. The van der Waals surface area contributed by atoms with Crippen molar-refractivity contribution in [1.82, 2.24) is 4.90 Å². The number of thiocarbonyl (C=S) groups is 1. The Kier molecular flexibility index (Phi) is 5.57. The van der Waals surface area contributed by atoms with Crippen LogP contribution in [-0.2, 0) is 0 Å². The molecule has 1 aliphatic heterocycles. The molecule has 1 aromatic carbocycles. The van der Waals surface area contributed by atoms with Gasteiger partial charge in [0.1, 0.15) is 4.99 Å². The molecule has 116 valence electrons. The Hall–Kier alpha value is -0.720. The molecule has 1 aromatic rings. The Morgan fingerprint density at radius 1 is 1.48 bits per heavy atom. The molecule has 0 aliphatic carbocycles. The van der Waals surface area contributed by atoms with E-state index < -0.39 is 0 Å². The summed E-state index contributed by atoms with van der Waals surface area (Å²) >= 11 is 8.18. The van der Waals surface area contributed by atoms with Crippen LogP contribution < -0.4 is 10.6 Å². The second-order valence-corrected chi connectivity index (χ2v) is 6.98. The van der Waals surface area contributed by atoms with E-state index in [0.717, 1.165) is 32.5 Å². The fourth-order valence-corrected chi connectivity index (χ4v) is 3.60. The first kappa shape index (κ1) is 16.6. The third-order valence-electron chi connectivity index (χ3n) is 4.11. The lowest BCUT2D eigenvalue weighted by atomic mass is 9.96.